The normalized spacial score (nSPS) is 14.3. The van der Waals surface area contributed by atoms with Gasteiger partial charge in [-0.1, -0.05) is 6.07 Å². The lowest BCUT2D eigenvalue weighted by Gasteiger charge is -2.37. The molecule has 0 amide bonds. The molecule has 0 saturated heterocycles. The van der Waals surface area contributed by atoms with Crippen molar-refractivity contribution in [1.82, 2.24) is 4.72 Å². The highest BCUT2D eigenvalue weighted by Gasteiger charge is 2.39. The van der Waals surface area contributed by atoms with Gasteiger partial charge in [0.2, 0.25) is 10.0 Å². The highest BCUT2D eigenvalue weighted by atomic mass is 32.2. The molecule has 0 fully saturated rings. The zero-order chi connectivity index (χ0) is 16.7. The van der Waals surface area contributed by atoms with Crippen molar-refractivity contribution >= 4 is 10.0 Å². The molecule has 1 aromatic carbocycles. The quantitative estimate of drug-likeness (QED) is 0.894. The van der Waals surface area contributed by atoms with Gasteiger partial charge in [0.25, 0.3) is 0 Å². The zero-order valence-electron chi connectivity index (χ0n) is 12.1. The Morgan fingerprint density at radius 3 is 2.05 bits per heavy atom. The fourth-order valence-corrected chi connectivity index (χ4v) is 2.94. The summed E-state index contributed by atoms with van der Waals surface area (Å²) in [5.41, 5.74) is -3.71. The van der Waals surface area contributed by atoms with E-state index >= 15 is 0 Å². The molecule has 2 N–H and O–H groups in total. The van der Waals surface area contributed by atoms with Crippen LogP contribution >= 0.6 is 0 Å². The van der Waals surface area contributed by atoms with Crippen LogP contribution in [0.4, 0.5) is 13.2 Å². The number of benzene rings is 1. The van der Waals surface area contributed by atoms with Gasteiger partial charge in [-0.3, -0.25) is 0 Å². The van der Waals surface area contributed by atoms with E-state index in [9.17, 15) is 26.7 Å². The first kappa shape index (κ1) is 17.9. The molecule has 0 aromatic heterocycles. The minimum Gasteiger partial charge on any atom is -0.389 e. The number of rotatable bonds is 4. The summed E-state index contributed by atoms with van der Waals surface area (Å²) in [6.07, 6.45) is -4.63. The van der Waals surface area contributed by atoms with Crippen molar-refractivity contribution < 1.29 is 26.7 Å². The molecule has 1 aromatic rings. The molecule has 120 valence electrons. The number of sulfonamides is 1. The third-order valence-electron chi connectivity index (χ3n) is 3.39. The number of aliphatic hydroxyl groups is 1. The minimum atomic E-state index is -4.63. The van der Waals surface area contributed by atoms with Crippen molar-refractivity contribution in [3.8, 4) is 0 Å². The number of halogens is 3. The maximum absolute atomic E-state index is 12.6. The van der Waals surface area contributed by atoms with E-state index in [2.05, 4.69) is 4.72 Å². The molecule has 0 aliphatic rings. The maximum atomic E-state index is 12.6. The Hall–Kier alpha value is -1.12. The number of nitrogens with one attached hydrogen (secondary N) is 1. The summed E-state index contributed by atoms with van der Waals surface area (Å²) < 4.78 is 64.5. The Bertz CT molecular complexity index is 616. The summed E-state index contributed by atoms with van der Waals surface area (Å²) in [6.45, 7) is 5.69. The van der Waals surface area contributed by atoms with Crippen molar-refractivity contribution in [1.29, 1.82) is 0 Å². The minimum absolute atomic E-state index is 0.505. The number of hydrogen-bond donors (Lipinski definition) is 2. The van der Waals surface area contributed by atoms with Gasteiger partial charge < -0.3 is 5.11 Å². The molecular formula is C13H18F3NO3S. The van der Waals surface area contributed by atoms with Crippen LogP contribution in [0.25, 0.3) is 0 Å². The van der Waals surface area contributed by atoms with E-state index in [4.69, 9.17) is 0 Å². The van der Waals surface area contributed by atoms with Crippen molar-refractivity contribution in [2.75, 3.05) is 0 Å². The highest BCUT2D eigenvalue weighted by Crippen LogP contribution is 2.31. The molecule has 8 heteroatoms. The number of alkyl halides is 3. The van der Waals surface area contributed by atoms with E-state index < -0.39 is 37.8 Å². The predicted molar refractivity (Wildman–Crippen MR) is 72.1 cm³/mol. The molecule has 0 saturated carbocycles. The van der Waals surface area contributed by atoms with Gasteiger partial charge in [-0.05, 0) is 45.9 Å². The summed E-state index contributed by atoms with van der Waals surface area (Å²) in [7, 11) is -4.19. The molecule has 0 bridgehead atoms. The Labute approximate surface area is 122 Å². The van der Waals surface area contributed by atoms with Crippen molar-refractivity contribution in [2.24, 2.45) is 0 Å². The summed E-state index contributed by atoms with van der Waals surface area (Å²) in [5.74, 6) is 0. The van der Waals surface area contributed by atoms with E-state index in [1.165, 1.54) is 27.7 Å². The molecule has 0 radical (unpaired) electrons. The molecule has 0 atom stereocenters. The largest absolute Gasteiger partial charge is 0.416 e. The van der Waals surface area contributed by atoms with Crippen molar-refractivity contribution in [2.45, 2.75) is 49.9 Å². The highest BCUT2D eigenvalue weighted by molar-refractivity contribution is 7.89. The lowest BCUT2D eigenvalue weighted by molar-refractivity contribution is -0.137. The molecule has 0 aliphatic carbocycles. The second-order valence-electron chi connectivity index (χ2n) is 5.82. The Morgan fingerprint density at radius 1 is 1.10 bits per heavy atom. The standard InChI is InChI=1S/C13H18F3NO3S/c1-11(2,12(3,4)18)17-21(19,20)10-7-5-6-9(8-10)13(14,15)16/h5-8,17-18H,1-4H3. The van der Waals surface area contributed by atoms with Crippen molar-refractivity contribution in [3.63, 3.8) is 0 Å². The van der Waals surface area contributed by atoms with Gasteiger partial charge in [0.15, 0.2) is 0 Å². The first-order valence-corrected chi connectivity index (χ1v) is 7.59. The Morgan fingerprint density at radius 2 is 1.62 bits per heavy atom. The smallest absolute Gasteiger partial charge is 0.389 e. The summed E-state index contributed by atoms with van der Waals surface area (Å²) in [5, 5.41) is 9.93. The third kappa shape index (κ3) is 4.18. The molecule has 21 heavy (non-hydrogen) atoms. The van der Waals surface area contributed by atoms with Gasteiger partial charge >= 0.3 is 6.18 Å². The van der Waals surface area contributed by atoms with Crippen LogP contribution < -0.4 is 4.72 Å². The summed E-state index contributed by atoms with van der Waals surface area (Å²) in [6, 6.07) is 3.44. The molecule has 0 heterocycles. The average Bonchev–Trinajstić information content (AvgIpc) is 2.25. The van der Waals surface area contributed by atoms with Gasteiger partial charge in [-0.15, -0.1) is 0 Å². The van der Waals surface area contributed by atoms with Crippen LogP contribution in [0, 0.1) is 0 Å². The third-order valence-corrected chi connectivity index (χ3v) is 5.04. The lowest BCUT2D eigenvalue weighted by atomic mass is 9.87. The summed E-state index contributed by atoms with van der Waals surface area (Å²) in [4.78, 5) is -0.505. The lowest BCUT2D eigenvalue weighted by Crippen LogP contribution is -2.57. The van der Waals surface area contributed by atoms with E-state index in [1.807, 2.05) is 0 Å². The van der Waals surface area contributed by atoms with Gasteiger partial charge in [0.05, 0.1) is 21.6 Å². The van der Waals surface area contributed by atoms with Crippen molar-refractivity contribution in [3.05, 3.63) is 29.8 Å². The zero-order valence-corrected chi connectivity index (χ0v) is 12.9. The molecule has 4 nitrogen and oxygen atoms in total. The van der Waals surface area contributed by atoms with E-state index in [0.29, 0.717) is 6.07 Å². The van der Waals surface area contributed by atoms with E-state index in [-0.39, 0.29) is 0 Å². The van der Waals surface area contributed by atoms with Gasteiger partial charge in [-0.2, -0.15) is 13.2 Å². The monoisotopic (exact) mass is 325 g/mol. The van der Waals surface area contributed by atoms with Crippen LogP contribution in [0.5, 0.6) is 0 Å². The van der Waals surface area contributed by atoms with E-state index in [1.54, 1.807) is 0 Å². The molecular weight excluding hydrogens is 307 g/mol. The first-order valence-electron chi connectivity index (χ1n) is 6.10. The van der Waals surface area contributed by atoms with Crippen LogP contribution in [0.2, 0.25) is 0 Å². The molecule has 0 unspecified atom stereocenters. The van der Waals surface area contributed by atoms with Crippen LogP contribution in [0.1, 0.15) is 33.3 Å². The van der Waals surface area contributed by atoms with Crippen LogP contribution in [-0.4, -0.2) is 24.7 Å². The fraction of sp³-hybridized carbons (Fsp3) is 0.538. The number of hydrogen-bond acceptors (Lipinski definition) is 3. The molecule has 0 aliphatic heterocycles. The maximum Gasteiger partial charge on any atom is 0.416 e. The Balaban J connectivity index is 3.22. The van der Waals surface area contributed by atoms with Crippen LogP contribution in [0.15, 0.2) is 29.2 Å². The fourth-order valence-electron chi connectivity index (χ4n) is 1.36. The first-order chi connectivity index (χ1) is 9.17. The predicted octanol–water partition coefficient (Wildman–Crippen LogP) is 2.53. The van der Waals surface area contributed by atoms with Crippen LogP contribution in [0.3, 0.4) is 0 Å². The molecule has 1 rings (SSSR count). The Kier molecular flexibility index (Phi) is 4.49. The van der Waals surface area contributed by atoms with Gasteiger partial charge in [0, 0.05) is 0 Å². The van der Waals surface area contributed by atoms with E-state index in [0.717, 1.165) is 18.2 Å². The summed E-state index contributed by atoms with van der Waals surface area (Å²) >= 11 is 0. The molecule has 0 spiro atoms. The van der Waals surface area contributed by atoms with Crippen LogP contribution in [-0.2, 0) is 16.2 Å². The topological polar surface area (TPSA) is 66.4 Å². The SMILES string of the molecule is CC(C)(O)C(C)(C)NS(=O)(=O)c1cccc(C(F)(F)F)c1. The van der Waals surface area contributed by atoms with Gasteiger partial charge in [0.1, 0.15) is 0 Å². The second-order valence-corrected chi connectivity index (χ2v) is 7.50. The second kappa shape index (κ2) is 5.26. The average molecular weight is 325 g/mol. The van der Waals surface area contributed by atoms with Gasteiger partial charge in [-0.25, -0.2) is 13.1 Å².